The van der Waals surface area contributed by atoms with Gasteiger partial charge in [0.2, 0.25) is 0 Å². The Balaban J connectivity index is 2.39. The molecule has 0 aliphatic heterocycles. The topological polar surface area (TPSA) is 35.5 Å². The molecule has 0 atom stereocenters. The zero-order valence-corrected chi connectivity index (χ0v) is 9.23. The number of aldehydes is 1. The van der Waals surface area contributed by atoms with Gasteiger partial charge in [-0.15, -0.1) is 11.3 Å². The summed E-state index contributed by atoms with van der Waals surface area (Å²) in [5.74, 6) is 0. The fourth-order valence-electron chi connectivity index (χ4n) is 1.07. The van der Waals surface area contributed by atoms with E-state index in [1.165, 1.54) is 11.3 Å². The number of hydrogen-bond donors (Lipinski definition) is 0. The van der Waals surface area contributed by atoms with Crippen LogP contribution in [0, 0.1) is 6.92 Å². The van der Waals surface area contributed by atoms with Crippen molar-refractivity contribution in [3.63, 3.8) is 0 Å². The highest BCUT2D eigenvalue weighted by Gasteiger charge is 2.03. The molecule has 0 amide bonds. The second-order valence-corrected chi connectivity index (χ2v) is 4.09. The van der Waals surface area contributed by atoms with Crippen LogP contribution in [0.3, 0.4) is 0 Å². The third kappa shape index (κ3) is 3.21. The molecule has 0 saturated carbocycles. The van der Waals surface area contributed by atoms with Crippen LogP contribution in [-0.2, 0) is 16.1 Å². The molecule has 0 saturated heterocycles. The van der Waals surface area contributed by atoms with Crippen molar-refractivity contribution >= 4 is 17.6 Å². The van der Waals surface area contributed by atoms with Gasteiger partial charge in [-0.25, -0.2) is 0 Å². The molecule has 14 heavy (non-hydrogen) atoms. The van der Waals surface area contributed by atoms with Crippen molar-refractivity contribution < 1.29 is 14.3 Å². The maximum atomic E-state index is 10.6. The lowest BCUT2D eigenvalue weighted by Crippen LogP contribution is -2.00. The molecule has 1 heterocycles. The summed E-state index contributed by atoms with van der Waals surface area (Å²) in [4.78, 5) is 12.4. The summed E-state index contributed by atoms with van der Waals surface area (Å²) in [6.07, 6.45) is 0.888. The van der Waals surface area contributed by atoms with Crippen LogP contribution in [0.1, 0.15) is 20.1 Å². The van der Waals surface area contributed by atoms with Gasteiger partial charge in [-0.3, -0.25) is 4.79 Å². The maximum Gasteiger partial charge on any atom is 0.160 e. The van der Waals surface area contributed by atoms with Crippen LogP contribution in [0.15, 0.2) is 6.07 Å². The molecule has 0 fully saturated rings. The first kappa shape index (κ1) is 11.4. The molecule has 0 N–H and O–H groups in total. The molecule has 0 aromatic carbocycles. The smallest absolute Gasteiger partial charge is 0.160 e. The van der Waals surface area contributed by atoms with Crippen molar-refractivity contribution in [1.29, 1.82) is 0 Å². The molecule has 0 spiro atoms. The van der Waals surface area contributed by atoms with E-state index in [1.807, 2.05) is 13.0 Å². The molecule has 0 unspecified atom stereocenters. The quantitative estimate of drug-likeness (QED) is 0.537. The average Bonchev–Trinajstić information content (AvgIpc) is 2.54. The summed E-state index contributed by atoms with van der Waals surface area (Å²) >= 11 is 1.48. The fraction of sp³-hybridized carbons (Fsp3) is 0.500. The Hall–Kier alpha value is -0.710. The Bertz CT molecular complexity index is 294. The van der Waals surface area contributed by atoms with E-state index >= 15 is 0 Å². The Labute approximate surface area is 87.7 Å². The van der Waals surface area contributed by atoms with Crippen molar-refractivity contribution in [2.75, 3.05) is 20.3 Å². The zero-order chi connectivity index (χ0) is 10.4. The van der Waals surface area contributed by atoms with E-state index in [9.17, 15) is 4.79 Å². The van der Waals surface area contributed by atoms with Gasteiger partial charge in [0.1, 0.15) is 0 Å². The highest BCUT2D eigenvalue weighted by Crippen LogP contribution is 2.20. The van der Waals surface area contributed by atoms with Crippen LogP contribution in [-0.4, -0.2) is 26.6 Å². The van der Waals surface area contributed by atoms with Crippen molar-refractivity contribution in [3.8, 4) is 0 Å². The predicted molar refractivity (Wildman–Crippen MR) is 56.0 cm³/mol. The molecule has 1 rings (SSSR count). The van der Waals surface area contributed by atoms with Gasteiger partial charge in [-0.2, -0.15) is 0 Å². The molecule has 78 valence electrons. The molecule has 0 aliphatic rings. The second-order valence-electron chi connectivity index (χ2n) is 2.92. The molecule has 0 bridgehead atoms. The third-order valence-electron chi connectivity index (χ3n) is 1.79. The molecule has 1 aromatic heterocycles. The van der Waals surface area contributed by atoms with Gasteiger partial charge in [0.15, 0.2) is 6.29 Å². The predicted octanol–water partition coefficient (Wildman–Crippen LogP) is 2.03. The maximum absolute atomic E-state index is 10.6. The number of carbonyl (C=O) groups excluding carboxylic acids is 1. The van der Waals surface area contributed by atoms with Crippen LogP contribution in [0.25, 0.3) is 0 Å². The number of carbonyl (C=O) groups is 1. The molecule has 1 aromatic rings. The standard InChI is InChI=1S/C10H14O3S/c1-8-5-9(14-10(8)6-11)7-13-4-3-12-2/h5-6H,3-4,7H2,1-2H3. The van der Waals surface area contributed by atoms with Crippen molar-refractivity contribution in [3.05, 3.63) is 21.4 Å². The average molecular weight is 214 g/mol. The van der Waals surface area contributed by atoms with Crippen LogP contribution in [0.5, 0.6) is 0 Å². The Morgan fingerprint density at radius 3 is 2.86 bits per heavy atom. The zero-order valence-electron chi connectivity index (χ0n) is 8.41. The number of rotatable bonds is 6. The molecular formula is C10H14O3S. The SMILES string of the molecule is COCCOCc1cc(C)c(C=O)s1. The van der Waals surface area contributed by atoms with E-state index in [4.69, 9.17) is 9.47 Å². The van der Waals surface area contributed by atoms with Crippen LogP contribution in [0.2, 0.25) is 0 Å². The highest BCUT2D eigenvalue weighted by molar-refractivity contribution is 7.13. The van der Waals surface area contributed by atoms with Gasteiger partial charge in [-0.05, 0) is 18.6 Å². The van der Waals surface area contributed by atoms with Gasteiger partial charge in [0.05, 0.1) is 24.7 Å². The van der Waals surface area contributed by atoms with Crippen LogP contribution >= 0.6 is 11.3 Å². The van der Waals surface area contributed by atoms with E-state index in [2.05, 4.69) is 0 Å². The molecular weight excluding hydrogens is 200 g/mol. The first-order valence-corrected chi connectivity index (χ1v) is 5.20. The van der Waals surface area contributed by atoms with Gasteiger partial charge >= 0.3 is 0 Å². The number of thiophene rings is 1. The monoisotopic (exact) mass is 214 g/mol. The van der Waals surface area contributed by atoms with E-state index in [-0.39, 0.29) is 0 Å². The van der Waals surface area contributed by atoms with Crippen molar-refractivity contribution in [1.82, 2.24) is 0 Å². The Morgan fingerprint density at radius 2 is 2.29 bits per heavy atom. The minimum Gasteiger partial charge on any atom is -0.382 e. The van der Waals surface area contributed by atoms with Gasteiger partial charge in [0.25, 0.3) is 0 Å². The van der Waals surface area contributed by atoms with Gasteiger partial charge < -0.3 is 9.47 Å². The Kier molecular flexibility index (Phi) is 4.79. The van der Waals surface area contributed by atoms with E-state index in [1.54, 1.807) is 7.11 Å². The summed E-state index contributed by atoms with van der Waals surface area (Å²) in [5.41, 5.74) is 1.02. The van der Waals surface area contributed by atoms with E-state index in [0.717, 1.165) is 21.6 Å². The molecule has 0 radical (unpaired) electrons. The first-order chi connectivity index (χ1) is 6.77. The second kappa shape index (κ2) is 5.90. The largest absolute Gasteiger partial charge is 0.382 e. The Morgan fingerprint density at radius 1 is 1.50 bits per heavy atom. The summed E-state index contributed by atoms with van der Waals surface area (Å²) in [7, 11) is 1.64. The summed E-state index contributed by atoms with van der Waals surface area (Å²) in [6.45, 7) is 3.68. The van der Waals surface area contributed by atoms with Crippen molar-refractivity contribution in [2.45, 2.75) is 13.5 Å². The number of ether oxygens (including phenoxy) is 2. The fourth-order valence-corrected chi connectivity index (χ4v) is 2.00. The summed E-state index contributed by atoms with van der Waals surface area (Å²) < 4.78 is 10.2. The van der Waals surface area contributed by atoms with Crippen LogP contribution in [0.4, 0.5) is 0 Å². The number of aryl methyl sites for hydroxylation is 1. The van der Waals surface area contributed by atoms with Crippen LogP contribution < -0.4 is 0 Å². The van der Waals surface area contributed by atoms with Crippen molar-refractivity contribution in [2.24, 2.45) is 0 Å². The van der Waals surface area contributed by atoms with Gasteiger partial charge in [0, 0.05) is 12.0 Å². The summed E-state index contributed by atoms with van der Waals surface area (Å²) in [5, 5.41) is 0. The number of hydrogen-bond acceptors (Lipinski definition) is 4. The van der Waals surface area contributed by atoms with E-state index in [0.29, 0.717) is 19.8 Å². The molecule has 4 heteroatoms. The molecule has 0 aliphatic carbocycles. The van der Waals surface area contributed by atoms with E-state index < -0.39 is 0 Å². The minimum absolute atomic E-state index is 0.558. The normalized spacial score (nSPS) is 10.4. The minimum atomic E-state index is 0.558. The lowest BCUT2D eigenvalue weighted by atomic mass is 10.3. The first-order valence-electron chi connectivity index (χ1n) is 4.39. The lowest BCUT2D eigenvalue weighted by Gasteiger charge is -2.00. The third-order valence-corrected chi connectivity index (χ3v) is 2.93. The number of methoxy groups -OCH3 is 1. The van der Waals surface area contributed by atoms with Gasteiger partial charge in [-0.1, -0.05) is 0 Å². The summed E-state index contributed by atoms with van der Waals surface area (Å²) in [6, 6.07) is 1.99. The lowest BCUT2D eigenvalue weighted by molar-refractivity contribution is 0.0628. The molecule has 3 nitrogen and oxygen atoms in total. The highest BCUT2D eigenvalue weighted by atomic mass is 32.1.